The average molecular weight is 561 g/mol. The third-order valence-corrected chi connectivity index (χ3v) is 5.87. The molecule has 2 aromatic rings. The van der Waals surface area contributed by atoms with Gasteiger partial charge in [0.15, 0.2) is 12.5 Å². The summed E-state index contributed by atoms with van der Waals surface area (Å²) in [6.45, 7) is 12.6. The third kappa shape index (κ3) is 10.2. The van der Waals surface area contributed by atoms with Gasteiger partial charge in [-0.1, -0.05) is 42.0 Å². The van der Waals surface area contributed by atoms with Gasteiger partial charge in [0.05, 0.1) is 5.69 Å². The number of rotatable bonds is 11. The molecule has 0 bridgehead atoms. The van der Waals surface area contributed by atoms with Crippen molar-refractivity contribution < 1.29 is 28.5 Å². The summed E-state index contributed by atoms with van der Waals surface area (Å²) in [5, 5.41) is 10.7. The van der Waals surface area contributed by atoms with Crippen LogP contribution in [0.2, 0.25) is 0 Å². The summed E-state index contributed by atoms with van der Waals surface area (Å²) in [6.07, 6.45) is 6.81. The monoisotopic (exact) mass is 560 g/mol. The maximum absolute atomic E-state index is 13.1. The molecule has 0 fully saturated rings. The molecular formula is C31H36N4O6. The van der Waals surface area contributed by atoms with Gasteiger partial charge in [0.25, 0.3) is 0 Å². The largest absolute Gasteiger partial charge is 0.468 e. The zero-order valence-electron chi connectivity index (χ0n) is 24.1. The van der Waals surface area contributed by atoms with Gasteiger partial charge in [-0.3, -0.25) is 0 Å². The molecule has 3 rings (SSSR count). The summed E-state index contributed by atoms with van der Waals surface area (Å²) in [7, 11) is 0. The highest BCUT2D eigenvalue weighted by Crippen LogP contribution is 2.24. The number of carbonyl (C=O) groups is 2. The van der Waals surface area contributed by atoms with Crippen molar-refractivity contribution in [3.63, 3.8) is 0 Å². The lowest BCUT2D eigenvalue weighted by atomic mass is 9.92. The van der Waals surface area contributed by atoms with Gasteiger partial charge >= 0.3 is 12.1 Å². The van der Waals surface area contributed by atoms with E-state index in [0.717, 1.165) is 5.69 Å². The van der Waals surface area contributed by atoms with Gasteiger partial charge in [0, 0.05) is 5.56 Å². The summed E-state index contributed by atoms with van der Waals surface area (Å²) >= 11 is 0. The molecule has 1 aromatic heterocycles. The molecule has 0 radical (unpaired) electrons. The fraction of sp³-hybridized carbons (Fsp3) is 0.419. The van der Waals surface area contributed by atoms with E-state index in [0.29, 0.717) is 29.9 Å². The fourth-order valence-electron chi connectivity index (χ4n) is 3.77. The number of nitrogens with zero attached hydrogens (tertiary/aromatic N) is 3. The maximum Gasteiger partial charge on any atom is 0.408 e. The molecular weight excluding hydrogens is 524 g/mol. The molecule has 0 spiro atoms. The first-order valence-electron chi connectivity index (χ1n) is 13.3. The van der Waals surface area contributed by atoms with E-state index in [9.17, 15) is 9.59 Å². The van der Waals surface area contributed by atoms with Crippen molar-refractivity contribution in [2.45, 2.75) is 71.9 Å². The Hall–Kier alpha value is -4.54. The van der Waals surface area contributed by atoms with E-state index in [4.69, 9.17) is 18.9 Å². The standard InChI is InChI=1S/C31H36N4O6/c1-7-8-14-27-22(2)35(34-33-27)20-38-21-39-26-17-15-24(16-18-26)19-28(32-30(37)41-31(4,5)6)29(36)40-23(3)25-12-10-9-11-13-25/h7,9-10,12,15,17-18,23-24,28H,1,16,19-21H2,2-6H3,(H,32,37)/t23?,24?,28-/m1/s1. The van der Waals surface area contributed by atoms with Crippen molar-refractivity contribution >= 4 is 12.1 Å². The summed E-state index contributed by atoms with van der Waals surface area (Å²) in [4.78, 5) is 25.6. The molecule has 216 valence electrons. The Balaban J connectivity index is 1.52. The van der Waals surface area contributed by atoms with Crippen molar-refractivity contribution in [3.05, 3.63) is 83.9 Å². The number of ether oxygens (including phenoxy) is 4. The predicted molar refractivity (Wildman–Crippen MR) is 151 cm³/mol. The van der Waals surface area contributed by atoms with Crippen molar-refractivity contribution in [1.82, 2.24) is 20.3 Å². The Kier molecular flexibility index (Phi) is 11.1. The van der Waals surface area contributed by atoms with E-state index in [1.165, 1.54) is 6.08 Å². The lowest BCUT2D eigenvalue weighted by molar-refractivity contribution is -0.151. The van der Waals surface area contributed by atoms with Crippen molar-refractivity contribution in [2.75, 3.05) is 6.79 Å². The van der Waals surface area contributed by atoms with Crippen LogP contribution >= 0.6 is 0 Å². The topological polar surface area (TPSA) is 114 Å². The number of allylic oxidation sites excluding steroid dienone is 4. The number of amides is 1. The molecule has 1 aliphatic carbocycles. The van der Waals surface area contributed by atoms with Crippen LogP contribution in [-0.4, -0.2) is 45.5 Å². The maximum atomic E-state index is 13.1. The van der Waals surface area contributed by atoms with Crippen molar-refractivity contribution in [3.8, 4) is 11.8 Å². The molecule has 1 N–H and O–H groups in total. The van der Waals surface area contributed by atoms with Crippen LogP contribution in [0.1, 0.15) is 63.6 Å². The highest BCUT2D eigenvalue weighted by atomic mass is 16.7. The Morgan fingerprint density at radius 1 is 1.37 bits per heavy atom. The van der Waals surface area contributed by atoms with E-state index < -0.39 is 29.8 Å². The Bertz CT molecular complexity index is 1310. The Morgan fingerprint density at radius 2 is 2.17 bits per heavy atom. The van der Waals surface area contributed by atoms with Gasteiger partial charge in [-0.2, -0.15) is 0 Å². The van der Waals surface area contributed by atoms with Crippen LogP contribution < -0.4 is 5.32 Å². The van der Waals surface area contributed by atoms with Crippen LogP contribution in [0.4, 0.5) is 4.79 Å². The molecule has 1 aromatic carbocycles. The summed E-state index contributed by atoms with van der Waals surface area (Å²) in [6, 6.07) is 10.2. The lowest BCUT2D eigenvalue weighted by Gasteiger charge is -2.26. The van der Waals surface area contributed by atoms with Crippen LogP contribution in [0, 0.1) is 36.8 Å². The van der Waals surface area contributed by atoms with Crippen molar-refractivity contribution in [2.24, 2.45) is 5.92 Å². The van der Waals surface area contributed by atoms with Crippen LogP contribution in [0.5, 0.6) is 0 Å². The first-order valence-corrected chi connectivity index (χ1v) is 13.3. The molecule has 10 heteroatoms. The predicted octanol–water partition coefficient (Wildman–Crippen LogP) is 4.72. The minimum absolute atomic E-state index is 0.00871. The molecule has 1 amide bonds. The van der Waals surface area contributed by atoms with Gasteiger partial charge in [0.1, 0.15) is 30.2 Å². The third-order valence-electron chi connectivity index (χ3n) is 5.87. The number of aromatic nitrogens is 3. The molecule has 10 nitrogen and oxygen atoms in total. The second-order valence-corrected chi connectivity index (χ2v) is 10.3. The Labute approximate surface area is 241 Å². The van der Waals surface area contributed by atoms with E-state index in [1.807, 2.05) is 25.2 Å². The van der Waals surface area contributed by atoms with Gasteiger partial charge in [-0.05, 0) is 89.7 Å². The minimum atomic E-state index is -0.916. The van der Waals surface area contributed by atoms with Crippen LogP contribution in [-0.2, 0) is 30.5 Å². The smallest absolute Gasteiger partial charge is 0.408 e. The number of esters is 1. The summed E-state index contributed by atoms with van der Waals surface area (Å²) in [5.41, 5.74) is 1.31. The molecule has 3 atom stereocenters. The van der Waals surface area contributed by atoms with Gasteiger partial charge < -0.3 is 24.3 Å². The van der Waals surface area contributed by atoms with E-state index in [1.54, 1.807) is 50.6 Å². The summed E-state index contributed by atoms with van der Waals surface area (Å²) in [5.74, 6) is 5.63. The molecule has 1 aliphatic rings. The number of carbonyl (C=O) groups excluding carboxylic acids is 2. The normalized spacial score (nSPS) is 15.7. The molecule has 0 saturated carbocycles. The minimum Gasteiger partial charge on any atom is -0.468 e. The molecule has 0 aliphatic heterocycles. The lowest BCUT2D eigenvalue weighted by Crippen LogP contribution is -2.45. The number of hydrogen-bond donors (Lipinski definition) is 1. The number of hydrogen-bond acceptors (Lipinski definition) is 8. The molecule has 1 heterocycles. The van der Waals surface area contributed by atoms with Gasteiger partial charge in [-0.15, -0.1) is 5.10 Å². The zero-order chi connectivity index (χ0) is 29.8. The first-order chi connectivity index (χ1) is 19.6. The average Bonchev–Trinajstić information content (AvgIpc) is 3.28. The molecule has 0 saturated heterocycles. The zero-order valence-corrected chi connectivity index (χ0v) is 24.1. The van der Waals surface area contributed by atoms with Gasteiger partial charge in [0.2, 0.25) is 0 Å². The SMILES string of the molecule is C=CC#Cc1nnn(COCOC2=CCC(C[C@@H](NC(=O)OC(C)(C)C)C(=O)OC(C)c3c#cccc3)C=C2)c1C. The summed E-state index contributed by atoms with van der Waals surface area (Å²) < 4.78 is 23.9. The van der Waals surface area contributed by atoms with Crippen LogP contribution in [0.15, 0.2) is 54.8 Å². The van der Waals surface area contributed by atoms with Crippen LogP contribution in [0.3, 0.4) is 0 Å². The Morgan fingerprint density at radius 3 is 2.83 bits per heavy atom. The van der Waals surface area contributed by atoms with E-state index >= 15 is 0 Å². The molecule has 2 unspecified atom stereocenters. The second-order valence-electron chi connectivity index (χ2n) is 10.3. The molecule has 41 heavy (non-hydrogen) atoms. The van der Waals surface area contributed by atoms with Crippen molar-refractivity contribution in [1.29, 1.82) is 0 Å². The number of nitrogens with one attached hydrogen (secondary N) is 1. The quantitative estimate of drug-likeness (QED) is 0.182. The highest BCUT2D eigenvalue weighted by Gasteiger charge is 2.29. The fourth-order valence-corrected chi connectivity index (χ4v) is 3.77. The first kappa shape index (κ1) is 31.0. The van der Waals surface area contributed by atoms with Gasteiger partial charge in [-0.25, -0.2) is 14.3 Å². The second kappa shape index (κ2) is 14.7. The van der Waals surface area contributed by atoms with E-state index in [2.05, 4.69) is 46.2 Å². The van der Waals surface area contributed by atoms with E-state index in [-0.39, 0.29) is 19.4 Å². The van der Waals surface area contributed by atoms with Crippen LogP contribution in [0.25, 0.3) is 0 Å². The number of alkyl carbamates (subject to hydrolysis) is 1. The highest BCUT2D eigenvalue weighted by molar-refractivity contribution is 5.81.